The van der Waals surface area contributed by atoms with E-state index in [1.54, 1.807) is 21.9 Å². The van der Waals surface area contributed by atoms with Gasteiger partial charge < -0.3 is 9.26 Å². The third kappa shape index (κ3) is 4.01. The summed E-state index contributed by atoms with van der Waals surface area (Å²) in [6, 6.07) is 4.39. The minimum absolute atomic E-state index is 0.0529. The zero-order valence-corrected chi connectivity index (χ0v) is 12.0. The van der Waals surface area contributed by atoms with Gasteiger partial charge in [-0.1, -0.05) is 0 Å². The second-order valence-corrected chi connectivity index (χ2v) is 5.30. The van der Waals surface area contributed by atoms with Gasteiger partial charge in [-0.15, -0.1) is 0 Å². The summed E-state index contributed by atoms with van der Waals surface area (Å²) in [5, 5.41) is 0. The zero-order chi connectivity index (χ0) is 13.7. The number of halogens is 1. The molecule has 1 aromatic carbocycles. The van der Waals surface area contributed by atoms with E-state index in [-0.39, 0.29) is 17.1 Å². The van der Waals surface area contributed by atoms with Crippen LogP contribution in [0.4, 0.5) is 4.20 Å². The molecule has 18 heavy (non-hydrogen) atoms. The van der Waals surface area contributed by atoms with Crippen molar-refractivity contribution in [1.82, 2.24) is 0 Å². The molecule has 0 fully saturated rings. The van der Waals surface area contributed by atoms with Crippen molar-refractivity contribution in [3.05, 3.63) is 29.3 Å². The van der Waals surface area contributed by atoms with E-state index in [9.17, 15) is 13.8 Å². The Morgan fingerprint density at radius 1 is 1.44 bits per heavy atom. The van der Waals surface area contributed by atoms with Crippen LogP contribution >= 0.6 is 17.1 Å². The molecule has 0 aliphatic heterocycles. The highest BCUT2D eigenvalue weighted by Crippen LogP contribution is 2.48. The molecule has 0 radical (unpaired) electrons. The normalized spacial score (nSPS) is 11.8. The highest BCUT2D eigenvalue weighted by molar-refractivity contribution is 8.08. The Kier molecular flexibility index (Phi) is 5.64. The molecule has 1 rings (SSSR count). The number of benzene rings is 1. The van der Waals surface area contributed by atoms with Gasteiger partial charge in [-0.25, -0.2) is 4.79 Å². The predicted molar refractivity (Wildman–Crippen MR) is 70.8 cm³/mol. The van der Waals surface area contributed by atoms with Gasteiger partial charge in [-0.3, -0.25) is 4.79 Å². The maximum absolute atomic E-state index is 12.7. The van der Waals surface area contributed by atoms with Crippen molar-refractivity contribution >= 4 is 28.8 Å². The average molecular weight is 290 g/mol. The third-order valence-corrected chi connectivity index (χ3v) is 2.73. The van der Waals surface area contributed by atoms with Crippen LogP contribution in [0.1, 0.15) is 34.6 Å². The van der Waals surface area contributed by atoms with Crippen LogP contribution < -0.4 is 4.74 Å². The summed E-state index contributed by atoms with van der Waals surface area (Å²) in [5.74, 6) is -0.764. The first kappa shape index (κ1) is 15.0. The number of carbonyl (C=O) groups excluding carboxylic acids is 2. The Balaban J connectivity index is 3.14. The van der Waals surface area contributed by atoms with Gasteiger partial charge in [0, 0.05) is 5.56 Å². The van der Waals surface area contributed by atoms with Crippen LogP contribution in [0.2, 0.25) is 0 Å². The summed E-state index contributed by atoms with van der Waals surface area (Å²) in [6.45, 7) is 3.49. The Morgan fingerprint density at radius 2 is 2.11 bits per heavy atom. The second-order valence-electron chi connectivity index (χ2n) is 3.35. The number of ether oxygens (including phenoxy) is 1. The molecule has 0 spiro atoms. The first-order chi connectivity index (χ1) is 8.45. The summed E-state index contributed by atoms with van der Waals surface area (Å²) in [4.78, 5) is 22.9. The SMILES string of the molecule is CCOc1ccc(C(C)=O)cc1C(=O)OP(F)P. The molecule has 0 N–H and O–H groups in total. The van der Waals surface area contributed by atoms with Crippen LogP contribution in [0.15, 0.2) is 18.2 Å². The molecule has 0 aliphatic rings. The van der Waals surface area contributed by atoms with Crippen LogP contribution in [0.3, 0.4) is 0 Å². The first-order valence-corrected chi connectivity index (χ1v) is 7.93. The van der Waals surface area contributed by atoms with Crippen LogP contribution in [0.25, 0.3) is 0 Å². The number of hydrogen-bond acceptors (Lipinski definition) is 4. The van der Waals surface area contributed by atoms with Crippen molar-refractivity contribution in [2.24, 2.45) is 0 Å². The lowest BCUT2D eigenvalue weighted by atomic mass is 10.1. The van der Waals surface area contributed by atoms with E-state index in [4.69, 9.17) is 4.74 Å². The lowest BCUT2D eigenvalue weighted by Crippen LogP contribution is -2.06. The van der Waals surface area contributed by atoms with Crippen LogP contribution in [-0.2, 0) is 4.52 Å². The van der Waals surface area contributed by atoms with E-state index >= 15 is 0 Å². The summed E-state index contributed by atoms with van der Waals surface area (Å²) >= 11 is 0. The van der Waals surface area contributed by atoms with Gasteiger partial charge in [0.2, 0.25) is 0 Å². The van der Waals surface area contributed by atoms with Gasteiger partial charge >= 0.3 is 5.97 Å². The minimum Gasteiger partial charge on any atom is -0.493 e. The van der Waals surface area contributed by atoms with E-state index in [1.165, 1.54) is 19.1 Å². The fourth-order valence-corrected chi connectivity index (χ4v) is 1.86. The van der Waals surface area contributed by atoms with E-state index in [0.717, 1.165) is 0 Å². The Morgan fingerprint density at radius 3 is 2.61 bits per heavy atom. The molecule has 7 heteroatoms. The second kappa shape index (κ2) is 6.77. The van der Waals surface area contributed by atoms with Gasteiger partial charge in [0.15, 0.2) is 5.78 Å². The third-order valence-electron chi connectivity index (χ3n) is 2.08. The highest BCUT2D eigenvalue weighted by atomic mass is 32.0. The molecule has 0 aromatic heterocycles. The van der Waals surface area contributed by atoms with E-state index in [1.807, 2.05) is 0 Å². The highest BCUT2D eigenvalue weighted by Gasteiger charge is 2.18. The number of hydrogen-bond donors (Lipinski definition) is 0. The molecule has 4 nitrogen and oxygen atoms in total. The maximum atomic E-state index is 12.7. The largest absolute Gasteiger partial charge is 0.493 e. The molecule has 0 saturated carbocycles. The number of carbonyl (C=O) groups is 2. The average Bonchev–Trinajstić information content (AvgIpc) is 2.28. The molecule has 1 aromatic rings. The molecule has 2 atom stereocenters. The summed E-state index contributed by atoms with van der Waals surface area (Å²) < 4.78 is 22.4. The fraction of sp³-hybridized carbons (Fsp3) is 0.273. The molecule has 98 valence electrons. The molecule has 0 aliphatic carbocycles. The first-order valence-electron chi connectivity index (χ1n) is 5.16. The number of ketones is 1. The molecule has 0 heterocycles. The van der Waals surface area contributed by atoms with Crippen LogP contribution in [-0.4, -0.2) is 18.4 Å². The quantitative estimate of drug-likeness (QED) is 0.615. The summed E-state index contributed by atoms with van der Waals surface area (Å²) in [5.41, 5.74) is 0.398. The van der Waals surface area contributed by atoms with Crippen molar-refractivity contribution in [2.75, 3.05) is 6.61 Å². The summed E-state index contributed by atoms with van der Waals surface area (Å²) in [6.07, 6.45) is 0. The van der Waals surface area contributed by atoms with Gasteiger partial charge in [-0.05, 0) is 41.0 Å². The maximum Gasteiger partial charge on any atom is 0.346 e. The van der Waals surface area contributed by atoms with Crippen molar-refractivity contribution in [3.8, 4) is 5.75 Å². The molecular formula is C11H13FO4P2. The van der Waals surface area contributed by atoms with Crippen LogP contribution in [0, 0.1) is 0 Å². The van der Waals surface area contributed by atoms with Crippen molar-refractivity contribution in [2.45, 2.75) is 13.8 Å². The van der Waals surface area contributed by atoms with E-state index < -0.39 is 14.1 Å². The fourth-order valence-electron chi connectivity index (χ4n) is 1.32. The van der Waals surface area contributed by atoms with Gasteiger partial charge in [0.05, 0.1) is 6.61 Å². The number of Topliss-reactive ketones (excluding diaryl/α,β-unsaturated/α-hetero) is 1. The Labute approximate surface area is 108 Å². The minimum atomic E-state index is -2.38. The van der Waals surface area contributed by atoms with Gasteiger partial charge in [0.25, 0.3) is 8.15 Å². The molecular weight excluding hydrogens is 277 g/mol. The smallest absolute Gasteiger partial charge is 0.346 e. The summed E-state index contributed by atoms with van der Waals surface area (Å²) in [7, 11) is -0.609. The molecule has 0 amide bonds. The predicted octanol–water partition coefficient (Wildman–Crippen LogP) is 3.52. The van der Waals surface area contributed by atoms with Crippen molar-refractivity contribution in [3.63, 3.8) is 0 Å². The molecule has 0 bridgehead atoms. The van der Waals surface area contributed by atoms with Crippen molar-refractivity contribution in [1.29, 1.82) is 0 Å². The van der Waals surface area contributed by atoms with Gasteiger partial charge in [-0.2, -0.15) is 4.20 Å². The van der Waals surface area contributed by atoms with Gasteiger partial charge in [0.1, 0.15) is 11.3 Å². The lowest BCUT2D eigenvalue weighted by molar-refractivity contribution is 0.0747. The van der Waals surface area contributed by atoms with Crippen LogP contribution in [0.5, 0.6) is 5.75 Å². The van der Waals surface area contributed by atoms with E-state index in [2.05, 4.69) is 4.52 Å². The standard InChI is InChI=1S/C11H13FO4P2/c1-3-15-10-5-4-8(7(2)13)6-9(10)11(14)16-18(12)17/h4-6H,3,17H2,1-2H3. The zero-order valence-electron chi connectivity index (χ0n) is 9.97. The topological polar surface area (TPSA) is 52.6 Å². The Bertz CT molecular complexity index is 462. The molecule has 2 unspecified atom stereocenters. The molecule has 0 saturated heterocycles. The monoisotopic (exact) mass is 290 g/mol. The van der Waals surface area contributed by atoms with E-state index in [0.29, 0.717) is 12.2 Å². The lowest BCUT2D eigenvalue weighted by Gasteiger charge is -2.11. The van der Waals surface area contributed by atoms with Crippen molar-refractivity contribution < 1.29 is 23.0 Å². The Hall–Kier alpha value is -1.05. The number of rotatable bonds is 5.